The lowest BCUT2D eigenvalue weighted by atomic mass is 9.78. The molecule has 1 fully saturated rings. The van der Waals surface area contributed by atoms with Gasteiger partial charge in [-0.15, -0.1) is 0 Å². The molecular formula is C28H40. The van der Waals surface area contributed by atoms with E-state index in [9.17, 15) is 0 Å². The van der Waals surface area contributed by atoms with Crippen molar-refractivity contribution in [3.63, 3.8) is 0 Å². The Morgan fingerprint density at radius 3 is 1.57 bits per heavy atom. The summed E-state index contributed by atoms with van der Waals surface area (Å²) in [6.45, 7) is 4.60. The van der Waals surface area contributed by atoms with E-state index in [4.69, 9.17) is 0 Å². The van der Waals surface area contributed by atoms with Gasteiger partial charge in [-0.1, -0.05) is 114 Å². The van der Waals surface area contributed by atoms with Gasteiger partial charge in [-0.2, -0.15) is 0 Å². The van der Waals surface area contributed by atoms with Crippen LogP contribution >= 0.6 is 0 Å². The normalized spacial score (nSPS) is 19.6. The Morgan fingerprint density at radius 1 is 0.571 bits per heavy atom. The molecule has 0 saturated heterocycles. The highest BCUT2D eigenvalue weighted by Gasteiger charge is 2.20. The molecule has 0 unspecified atom stereocenters. The maximum atomic E-state index is 2.35. The highest BCUT2D eigenvalue weighted by Crippen LogP contribution is 2.34. The molecule has 2 aromatic carbocycles. The van der Waals surface area contributed by atoms with Crippen molar-refractivity contribution < 1.29 is 0 Å². The van der Waals surface area contributed by atoms with Crippen molar-refractivity contribution >= 4 is 0 Å². The van der Waals surface area contributed by atoms with Gasteiger partial charge in [0.05, 0.1) is 0 Å². The number of benzene rings is 2. The second-order valence-corrected chi connectivity index (χ2v) is 9.07. The zero-order valence-electron chi connectivity index (χ0n) is 18.3. The SMILES string of the molecule is CCCCCc1ccc(-c2ccc(CC[C@H]3CC[C@H](CCC)CC3)cc2)cc1. The third-order valence-electron chi connectivity index (χ3n) is 6.81. The second kappa shape index (κ2) is 11.4. The highest BCUT2D eigenvalue weighted by atomic mass is 14.3. The van der Waals surface area contributed by atoms with E-state index >= 15 is 0 Å². The van der Waals surface area contributed by atoms with Crippen molar-refractivity contribution in [2.45, 2.75) is 90.9 Å². The number of unbranched alkanes of at least 4 members (excludes halogenated alkanes) is 2. The van der Waals surface area contributed by atoms with Crippen molar-refractivity contribution in [3.8, 4) is 11.1 Å². The quantitative estimate of drug-likeness (QED) is 0.364. The molecule has 0 radical (unpaired) electrons. The molecule has 1 saturated carbocycles. The van der Waals surface area contributed by atoms with E-state index < -0.39 is 0 Å². The van der Waals surface area contributed by atoms with Gasteiger partial charge in [0.1, 0.15) is 0 Å². The molecule has 0 heteroatoms. The molecule has 0 aromatic heterocycles. The molecule has 0 spiro atoms. The van der Waals surface area contributed by atoms with Crippen LogP contribution in [0.25, 0.3) is 11.1 Å². The molecule has 0 aliphatic heterocycles. The van der Waals surface area contributed by atoms with Crippen LogP contribution in [0.2, 0.25) is 0 Å². The molecule has 28 heavy (non-hydrogen) atoms. The van der Waals surface area contributed by atoms with E-state index in [1.54, 1.807) is 0 Å². The molecule has 0 N–H and O–H groups in total. The molecule has 0 bridgehead atoms. The Balaban J connectivity index is 1.46. The lowest BCUT2D eigenvalue weighted by Gasteiger charge is -2.28. The fraction of sp³-hybridized carbons (Fsp3) is 0.571. The van der Waals surface area contributed by atoms with Crippen LogP contribution in [0.3, 0.4) is 0 Å². The lowest BCUT2D eigenvalue weighted by Crippen LogP contribution is -2.15. The molecule has 0 nitrogen and oxygen atoms in total. The van der Waals surface area contributed by atoms with Crippen LogP contribution in [-0.4, -0.2) is 0 Å². The summed E-state index contributed by atoms with van der Waals surface area (Å²) in [5.74, 6) is 1.99. The van der Waals surface area contributed by atoms with Gasteiger partial charge in [0, 0.05) is 0 Å². The zero-order chi connectivity index (χ0) is 19.6. The molecule has 1 aliphatic rings. The minimum atomic E-state index is 0.966. The van der Waals surface area contributed by atoms with E-state index in [1.165, 1.54) is 99.3 Å². The zero-order valence-corrected chi connectivity index (χ0v) is 18.3. The predicted octanol–water partition coefficient (Wildman–Crippen LogP) is 8.63. The standard InChI is InChI=1S/C28H40/c1-3-5-6-8-24-15-19-27(20-16-24)28-21-17-26(18-22-28)14-13-25-11-9-23(7-4-2)10-12-25/h15-23,25H,3-14H2,1-2H3/t23-,25-. The van der Waals surface area contributed by atoms with E-state index in [0.29, 0.717) is 0 Å². The van der Waals surface area contributed by atoms with Gasteiger partial charge in [-0.3, -0.25) is 0 Å². The van der Waals surface area contributed by atoms with Crippen LogP contribution in [0.15, 0.2) is 48.5 Å². The van der Waals surface area contributed by atoms with Gasteiger partial charge in [-0.25, -0.2) is 0 Å². The summed E-state index contributed by atoms with van der Waals surface area (Å²) in [6.07, 6.45) is 16.5. The van der Waals surface area contributed by atoms with Crippen LogP contribution in [0.4, 0.5) is 0 Å². The molecule has 0 amide bonds. The monoisotopic (exact) mass is 376 g/mol. The predicted molar refractivity (Wildman–Crippen MR) is 124 cm³/mol. The van der Waals surface area contributed by atoms with E-state index in [2.05, 4.69) is 62.4 Å². The first-order valence-corrected chi connectivity index (χ1v) is 12.0. The maximum absolute atomic E-state index is 2.35. The van der Waals surface area contributed by atoms with Crippen molar-refractivity contribution in [2.24, 2.45) is 11.8 Å². The van der Waals surface area contributed by atoms with Gasteiger partial charge in [0.2, 0.25) is 0 Å². The molecule has 152 valence electrons. The summed E-state index contributed by atoms with van der Waals surface area (Å²) in [5, 5.41) is 0. The van der Waals surface area contributed by atoms with Crippen molar-refractivity contribution in [1.82, 2.24) is 0 Å². The van der Waals surface area contributed by atoms with Crippen molar-refractivity contribution in [2.75, 3.05) is 0 Å². The van der Waals surface area contributed by atoms with Crippen LogP contribution < -0.4 is 0 Å². The van der Waals surface area contributed by atoms with Crippen LogP contribution in [-0.2, 0) is 12.8 Å². The first kappa shape index (κ1) is 21.2. The first-order valence-electron chi connectivity index (χ1n) is 12.0. The van der Waals surface area contributed by atoms with Crippen molar-refractivity contribution in [3.05, 3.63) is 59.7 Å². The Morgan fingerprint density at radius 2 is 1.07 bits per heavy atom. The molecule has 3 rings (SSSR count). The third kappa shape index (κ3) is 6.50. The lowest BCUT2D eigenvalue weighted by molar-refractivity contribution is 0.252. The minimum absolute atomic E-state index is 0.966. The molecule has 1 aliphatic carbocycles. The summed E-state index contributed by atoms with van der Waals surface area (Å²) in [7, 11) is 0. The maximum Gasteiger partial charge on any atom is -0.0184 e. The Kier molecular flexibility index (Phi) is 8.65. The van der Waals surface area contributed by atoms with Crippen LogP contribution in [0.5, 0.6) is 0 Å². The van der Waals surface area contributed by atoms with Gasteiger partial charge in [0.15, 0.2) is 0 Å². The smallest absolute Gasteiger partial charge is 0.0184 e. The van der Waals surface area contributed by atoms with Crippen LogP contribution in [0, 0.1) is 11.8 Å². The van der Waals surface area contributed by atoms with Crippen molar-refractivity contribution in [1.29, 1.82) is 0 Å². The summed E-state index contributed by atoms with van der Waals surface area (Å²) in [5.41, 5.74) is 5.68. The summed E-state index contributed by atoms with van der Waals surface area (Å²) in [6, 6.07) is 18.6. The van der Waals surface area contributed by atoms with Gasteiger partial charge >= 0.3 is 0 Å². The average molecular weight is 377 g/mol. The molecule has 2 aromatic rings. The largest absolute Gasteiger partial charge is 0.0654 e. The Bertz CT molecular complexity index is 656. The van der Waals surface area contributed by atoms with E-state index in [-0.39, 0.29) is 0 Å². The number of hydrogen-bond acceptors (Lipinski definition) is 0. The number of rotatable bonds is 10. The number of hydrogen-bond donors (Lipinski definition) is 0. The molecular weight excluding hydrogens is 336 g/mol. The summed E-state index contributed by atoms with van der Waals surface area (Å²) < 4.78 is 0. The van der Waals surface area contributed by atoms with Gasteiger partial charge in [0.25, 0.3) is 0 Å². The fourth-order valence-corrected chi connectivity index (χ4v) is 4.89. The van der Waals surface area contributed by atoms with Gasteiger partial charge < -0.3 is 0 Å². The van der Waals surface area contributed by atoms with Crippen LogP contribution in [0.1, 0.15) is 89.2 Å². The minimum Gasteiger partial charge on any atom is -0.0654 e. The summed E-state index contributed by atoms with van der Waals surface area (Å²) in [4.78, 5) is 0. The molecule has 0 heterocycles. The third-order valence-corrected chi connectivity index (χ3v) is 6.81. The fourth-order valence-electron chi connectivity index (χ4n) is 4.89. The Hall–Kier alpha value is -1.56. The molecule has 0 atom stereocenters. The second-order valence-electron chi connectivity index (χ2n) is 9.07. The topological polar surface area (TPSA) is 0 Å². The average Bonchev–Trinajstić information content (AvgIpc) is 2.75. The van der Waals surface area contributed by atoms with Gasteiger partial charge in [-0.05, 0) is 59.8 Å². The summed E-state index contributed by atoms with van der Waals surface area (Å²) >= 11 is 0. The van der Waals surface area contributed by atoms with E-state index in [1.807, 2.05) is 0 Å². The number of aryl methyl sites for hydroxylation is 2. The Labute approximate surface area is 173 Å². The highest BCUT2D eigenvalue weighted by molar-refractivity contribution is 5.63. The van der Waals surface area contributed by atoms with E-state index in [0.717, 1.165) is 11.8 Å². The first-order chi connectivity index (χ1) is 13.8.